The van der Waals surface area contributed by atoms with Crippen molar-refractivity contribution in [1.29, 1.82) is 0 Å². The Hall–Kier alpha value is -1.99. The van der Waals surface area contributed by atoms with Crippen LogP contribution in [-0.4, -0.2) is 46.9 Å². The smallest absolute Gasteiger partial charge is 0.377 e. The first-order valence-corrected chi connectivity index (χ1v) is 11.2. The minimum absolute atomic E-state index is 0.425. The van der Waals surface area contributed by atoms with E-state index in [1.54, 1.807) is 13.8 Å². The Kier molecular flexibility index (Phi) is 6.99. The summed E-state index contributed by atoms with van der Waals surface area (Å²) < 4.78 is 97.3. The van der Waals surface area contributed by atoms with Crippen molar-refractivity contribution in [2.75, 3.05) is 13.2 Å². The summed E-state index contributed by atoms with van der Waals surface area (Å²) in [5, 5.41) is 9.95. The monoisotopic (exact) mass is 468 g/mol. The van der Waals surface area contributed by atoms with Gasteiger partial charge >= 0.3 is 6.18 Å². The Morgan fingerprint density at radius 3 is 1.30 bits per heavy atom. The number of alkyl halides is 3. The van der Waals surface area contributed by atoms with Gasteiger partial charge in [-0.1, -0.05) is 35.4 Å². The van der Waals surface area contributed by atoms with Crippen molar-refractivity contribution in [3.63, 3.8) is 0 Å². The molecular weight excluding hydrogens is 449 g/mol. The van der Waals surface area contributed by atoms with Crippen molar-refractivity contribution in [3.05, 3.63) is 59.7 Å². The largest absolute Gasteiger partial charge is 0.421 e. The highest BCUT2D eigenvalue weighted by molar-refractivity contribution is 7.87. The number of hydrogen-bond acceptors (Lipinski definition) is 7. The average molecular weight is 468 g/mol. The zero-order chi connectivity index (χ0) is 22.8. The zero-order valence-electron chi connectivity index (χ0n) is 15.9. The first-order valence-electron chi connectivity index (χ1n) is 8.38. The molecule has 0 aliphatic rings. The summed E-state index contributed by atoms with van der Waals surface area (Å²) in [4.78, 5) is -0.850. The van der Waals surface area contributed by atoms with Crippen LogP contribution in [0.25, 0.3) is 0 Å². The summed E-state index contributed by atoms with van der Waals surface area (Å²) >= 11 is 0. The molecule has 0 saturated carbocycles. The van der Waals surface area contributed by atoms with E-state index in [4.69, 9.17) is 0 Å². The molecule has 0 spiro atoms. The predicted molar refractivity (Wildman–Crippen MR) is 99.6 cm³/mol. The van der Waals surface area contributed by atoms with Gasteiger partial charge in [-0.3, -0.25) is 8.37 Å². The summed E-state index contributed by atoms with van der Waals surface area (Å²) in [6, 6.07) is 10.1. The van der Waals surface area contributed by atoms with Gasteiger partial charge in [-0.25, -0.2) is 0 Å². The van der Waals surface area contributed by atoms with Crippen molar-refractivity contribution in [2.45, 2.75) is 35.4 Å². The molecule has 0 heterocycles. The maximum atomic E-state index is 13.4. The second-order valence-electron chi connectivity index (χ2n) is 6.59. The van der Waals surface area contributed by atoms with Crippen molar-refractivity contribution in [1.82, 2.24) is 0 Å². The Bertz CT molecular complexity index is 997. The van der Waals surface area contributed by atoms with Gasteiger partial charge in [-0.05, 0) is 38.1 Å². The first-order chi connectivity index (χ1) is 13.7. The highest BCUT2D eigenvalue weighted by Crippen LogP contribution is 2.33. The van der Waals surface area contributed by atoms with Crippen LogP contribution in [0.1, 0.15) is 11.1 Å². The average Bonchev–Trinajstić information content (AvgIpc) is 2.65. The molecule has 0 unspecified atom stereocenters. The number of hydrogen-bond donors (Lipinski definition) is 1. The molecule has 0 aromatic heterocycles. The molecule has 0 aliphatic carbocycles. The molecule has 2 rings (SSSR count). The lowest BCUT2D eigenvalue weighted by Crippen LogP contribution is -2.53. The summed E-state index contributed by atoms with van der Waals surface area (Å²) in [5.74, 6) is 0. The third-order valence-electron chi connectivity index (χ3n) is 4.05. The first kappa shape index (κ1) is 24.3. The number of benzene rings is 2. The molecule has 7 nitrogen and oxygen atoms in total. The molecule has 166 valence electrons. The van der Waals surface area contributed by atoms with E-state index in [9.17, 15) is 35.1 Å². The Balaban J connectivity index is 2.19. The fourth-order valence-electron chi connectivity index (χ4n) is 2.10. The highest BCUT2D eigenvalue weighted by atomic mass is 32.2. The molecule has 0 atom stereocenters. The van der Waals surface area contributed by atoms with Crippen molar-refractivity contribution in [2.24, 2.45) is 0 Å². The van der Waals surface area contributed by atoms with E-state index < -0.39 is 55.0 Å². The van der Waals surface area contributed by atoms with Crippen LogP contribution < -0.4 is 0 Å². The summed E-state index contributed by atoms with van der Waals surface area (Å²) in [6.45, 7) is -0.247. The van der Waals surface area contributed by atoms with Gasteiger partial charge in [0, 0.05) is 0 Å². The van der Waals surface area contributed by atoms with Crippen LogP contribution in [0.15, 0.2) is 58.3 Å². The van der Waals surface area contributed by atoms with Gasteiger partial charge in [0.2, 0.25) is 5.60 Å². The molecule has 2 aromatic carbocycles. The summed E-state index contributed by atoms with van der Waals surface area (Å²) in [6.07, 6.45) is -5.45. The van der Waals surface area contributed by atoms with Crippen LogP contribution in [-0.2, 0) is 28.6 Å². The van der Waals surface area contributed by atoms with Crippen LogP contribution in [0.4, 0.5) is 13.2 Å². The third-order valence-corrected chi connectivity index (χ3v) is 6.61. The minimum Gasteiger partial charge on any atom is -0.377 e. The quantitative estimate of drug-likeness (QED) is 0.594. The van der Waals surface area contributed by atoms with Crippen LogP contribution in [0.3, 0.4) is 0 Å². The zero-order valence-corrected chi connectivity index (χ0v) is 17.5. The Morgan fingerprint density at radius 2 is 1.03 bits per heavy atom. The van der Waals surface area contributed by atoms with E-state index in [1.165, 1.54) is 24.3 Å². The molecular formula is C18H19F3O7S2. The molecule has 0 aliphatic heterocycles. The minimum atomic E-state index is -5.45. The van der Waals surface area contributed by atoms with Gasteiger partial charge in [-0.2, -0.15) is 30.0 Å². The van der Waals surface area contributed by atoms with E-state index >= 15 is 0 Å². The second kappa shape index (κ2) is 8.63. The Labute approximate surface area is 172 Å². The number of aliphatic hydroxyl groups is 1. The van der Waals surface area contributed by atoms with E-state index in [1.807, 2.05) is 0 Å². The molecule has 0 amide bonds. The summed E-state index contributed by atoms with van der Waals surface area (Å²) in [7, 11) is -9.29. The fraction of sp³-hybridized carbons (Fsp3) is 0.333. The van der Waals surface area contributed by atoms with Gasteiger partial charge in [0.15, 0.2) is 0 Å². The standard InChI is InChI=1S/C18H19F3O7S2/c1-13-3-7-15(8-4-13)29(23,24)27-11-17(22,18(19,20)21)12-28-30(25,26)16-9-5-14(2)6-10-16/h3-10,22H,11-12H2,1-2H3. The van der Waals surface area contributed by atoms with Gasteiger partial charge < -0.3 is 5.11 Å². The highest BCUT2D eigenvalue weighted by Gasteiger charge is 2.56. The number of aryl methyl sites for hydroxylation is 2. The molecule has 2 aromatic rings. The predicted octanol–water partition coefficient (Wildman–Crippen LogP) is 2.71. The van der Waals surface area contributed by atoms with Gasteiger partial charge in [-0.15, -0.1) is 0 Å². The molecule has 0 fully saturated rings. The lowest BCUT2D eigenvalue weighted by molar-refractivity contribution is -0.275. The molecule has 0 radical (unpaired) electrons. The molecule has 0 saturated heterocycles. The number of rotatable bonds is 8. The van der Waals surface area contributed by atoms with E-state index in [2.05, 4.69) is 8.37 Å². The molecule has 1 N–H and O–H groups in total. The number of halogens is 3. The molecule has 12 heteroatoms. The fourth-order valence-corrected chi connectivity index (χ4v) is 4.01. The normalized spacial score (nSPS) is 13.4. The lowest BCUT2D eigenvalue weighted by atomic mass is 10.1. The maximum absolute atomic E-state index is 13.4. The van der Waals surface area contributed by atoms with E-state index in [0.29, 0.717) is 11.1 Å². The van der Waals surface area contributed by atoms with Crippen molar-refractivity contribution >= 4 is 20.2 Å². The van der Waals surface area contributed by atoms with Crippen LogP contribution in [0, 0.1) is 13.8 Å². The SMILES string of the molecule is Cc1ccc(S(=O)(=O)OCC(O)(COS(=O)(=O)c2ccc(C)cc2)C(F)(F)F)cc1. The van der Waals surface area contributed by atoms with Crippen LogP contribution >= 0.6 is 0 Å². The second-order valence-corrected chi connectivity index (χ2v) is 9.82. The van der Waals surface area contributed by atoms with Crippen molar-refractivity contribution in [3.8, 4) is 0 Å². The maximum Gasteiger partial charge on any atom is 0.421 e. The Morgan fingerprint density at radius 1 is 0.733 bits per heavy atom. The van der Waals surface area contributed by atoms with Gasteiger partial charge in [0.25, 0.3) is 20.2 Å². The van der Waals surface area contributed by atoms with Gasteiger partial charge in [0.1, 0.15) is 13.2 Å². The third kappa shape index (κ3) is 5.79. The van der Waals surface area contributed by atoms with E-state index in [0.717, 1.165) is 24.3 Å². The lowest BCUT2D eigenvalue weighted by Gasteiger charge is -2.29. The topological polar surface area (TPSA) is 107 Å². The van der Waals surface area contributed by atoms with Crippen molar-refractivity contribution < 1.29 is 43.5 Å². The van der Waals surface area contributed by atoms with E-state index in [-0.39, 0.29) is 0 Å². The van der Waals surface area contributed by atoms with Crippen LogP contribution in [0.5, 0.6) is 0 Å². The van der Waals surface area contributed by atoms with Crippen LogP contribution in [0.2, 0.25) is 0 Å². The molecule has 30 heavy (non-hydrogen) atoms. The molecule has 0 bridgehead atoms. The summed E-state index contributed by atoms with van der Waals surface area (Å²) in [5.41, 5.74) is -2.49. The van der Waals surface area contributed by atoms with Gasteiger partial charge in [0.05, 0.1) is 9.79 Å².